The van der Waals surface area contributed by atoms with Gasteiger partial charge in [-0.3, -0.25) is 4.79 Å². The summed E-state index contributed by atoms with van der Waals surface area (Å²) in [6.45, 7) is 0.523. The minimum Gasteiger partial charge on any atom is -0.369 e. The Kier molecular flexibility index (Phi) is 5.15. The largest absolute Gasteiger partial charge is 0.369 e. The summed E-state index contributed by atoms with van der Waals surface area (Å²) in [6, 6.07) is 7.74. The molecule has 0 aliphatic rings. The van der Waals surface area contributed by atoms with Crippen molar-refractivity contribution < 1.29 is 9.53 Å². The summed E-state index contributed by atoms with van der Waals surface area (Å²) in [7, 11) is 0. The lowest BCUT2D eigenvalue weighted by Crippen LogP contribution is -2.09. The maximum atomic E-state index is 10.8. The van der Waals surface area contributed by atoms with Crippen LogP contribution >= 0.6 is 27.5 Å². The van der Waals surface area contributed by atoms with Crippen molar-refractivity contribution >= 4 is 33.3 Å². The Balaban J connectivity index is 2.31. The zero-order chi connectivity index (χ0) is 10.4. The van der Waals surface area contributed by atoms with Crippen LogP contribution in [0.4, 0.5) is 0 Å². The van der Waals surface area contributed by atoms with E-state index in [-0.39, 0.29) is 18.3 Å². The second kappa shape index (κ2) is 6.17. The fourth-order valence-corrected chi connectivity index (χ4v) is 1.24. The van der Waals surface area contributed by atoms with E-state index >= 15 is 0 Å². The number of hydrogen-bond acceptors (Lipinski definition) is 2. The Labute approximate surface area is 96.3 Å². The normalized spacial score (nSPS) is 10.1. The van der Waals surface area contributed by atoms with Crippen molar-refractivity contribution in [3.63, 3.8) is 0 Å². The second-order valence-corrected chi connectivity index (χ2v) is 3.97. The average molecular weight is 278 g/mol. The first-order chi connectivity index (χ1) is 6.72. The van der Waals surface area contributed by atoms with Gasteiger partial charge in [-0.05, 0) is 17.7 Å². The van der Waals surface area contributed by atoms with Gasteiger partial charge in [0.05, 0.1) is 12.5 Å². The van der Waals surface area contributed by atoms with Crippen LogP contribution in [-0.4, -0.2) is 18.3 Å². The molecule has 0 heterocycles. The van der Waals surface area contributed by atoms with Gasteiger partial charge >= 0.3 is 0 Å². The molecule has 4 heteroatoms. The third-order valence-corrected chi connectivity index (χ3v) is 2.42. The molecule has 0 aromatic heterocycles. The lowest BCUT2D eigenvalue weighted by atomic mass is 10.2. The van der Waals surface area contributed by atoms with Gasteiger partial charge in [-0.2, -0.15) is 0 Å². The Morgan fingerprint density at radius 2 is 2.00 bits per heavy atom. The highest BCUT2D eigenvalue weighted by molar-refractivity contribution is 9.10. The van der Waals surface area contributed by atoms with Crippen molar-refractivity contribution in [2.24, 2.45) is 0 Å². The highest BCUT2D eigenvalue weighted by Crippen LogP contribution is 2.10. The molecule has 0 unspecified atom stereocenters. The van der Waals surface area contributed by atoms with Gasteiger partial charge in [0.25, 0.3) is 0 Å². The zero-order valence-corrected chi connectivity index (χ0v) is 9.85. The molecule has 2 nitrogen and oxygen atoms in total. The van der Waals surface area contributed by atoms with Crippen LogP contribution in [0.5, 0.6) is 0 Å². The van der Waals surface area contributed by atoms with E-state index in [0.717, 1.165) is 10.0 Å². The summed E-state index contributed by atoms with van der Waals surface area (Å²) < 4.78 is 6.19. The minimum absolute atomic E-state index is 0.0142. The molecule has 1 aromatic rings. The Hall–Kier alpha value is -0.380. The van der Waals surface area contributed by atoms with E-state index in [1.54, 1.807) is 0 Å². The van der Waals surface area contributed by atoms with Crippen LogP contribution in [0.3, 0.4) is 0 Å². The van der Waals surface area contributed by atoms with Gasteiger partial charge in [0, 0.05) is 4.47 Å². The maximum absolute atomic E-state index is 10.8. The molecule has 0 bridgehead atoms. The van der Waals surface area contributed by atoms with E-state index in [1.165, 1.54) is 0 Å². The van der Waals surface area contributed by atoms with Crippen molar-refractivity contribution in [1.29, 1.82) is 0 Å². The maximum Gasteiger partial charge on any atom is 0.173 e. The first-order valence-corrected chi connectivity index (χ1v) is 5.45. The average Bonchev–Trinajstić information content (AvgIpc) is 2.21. The van der Waals surface area contributed by atoms with Crippen LogP contribution < -0.4 is 0 Å². The number of Topliss-reactive ketones (excluding diaryl/α,β-unsaturated/α-hetero) is 1. The van der Waals surface area contributed by atoms with Gasteiger partial charge in [-0.15, -0.1) is 11.6 Å². The highest BCUT2D eigenvalue weighted by atomic mass is 79.9. The van der Waals surface area contributed by atoms with Crippen molar-refractivity contribution in [3.05, 3.63) is 34.3 Å². The van der Waals surface area contributed by atoms with E-state index in [0.29, 0.717) is 6.61 Å². The Morgan fingerprint density at radius 1 is 1.36 bits per heavy atom. The predicted octanol–water partition coefficient (Wildman–Crippen LogP) is 2.77. The number of hydrogen-bond donors (Lipinski definition) is 0. The minimum atomic E-state index is -0.0937. The summed E-state index contributed by atoms with van der Waals surface area (Å²) in [4.78, 5) is 10.8. The van der Waals surface area contributed by atoms with Gasteiger partial charge in [-0.1, -0.05) is 28.1 Å². The molecule has 0 aliphatic carbocycles. The van der Waals surface area contributed by atoms with Crippen LogP contribution in [0.15, 0.2) is 28.7 Å². The predicted molar refractivity (Wildman–Crippen MR) is 59.5 cm³/mol. The van der Waals surface area contributed by atoms with E-state index in [9.17, 15) is 4.79 Å². The standard InChI is InChI=1S/C10H10BrClO2/c11-9-3-1-8(2-4-9)6-14-7-10(13)5-12/h1-4H,5-7H2. The highest BCUT2D eigenvalue weighted by Gasteiger charge is 1.99. The number of carbonyl (C=O) groups excluding carboxylic acids is 1. The molecule has 0 radical (unpaired) electrons. The van der Waals surface area contributed by atoms with Crippen LogP contribution in [0.2, 0.25) is 0 Å². The van der Waals surface area contributed by atoms with Crippen molar-refractivity contribution in [3.8, 4) is 0 Å². The van der Waals surface area contributed by atoms with Gasteiger partial charge in [0.15, 0.2) is 5.78 Å². The molecular formula is C10H10BrClO2. The van der Waals surface area contributed by atoms with Crippen molar-refractivity contribution in [2.45, 2.75) is 6.61 Å². The molecule has 1 aromatic carbocycles. The summed E-state index contributed by atoms with van der Waals surface area (Å²) in [5.41, 5.74) is 1.04. The molecule has 0 atom stereocenters. The van der Waals surface area contributed by atoms with Gasteiger partial charge < -0.3 is 4.74 Å². The Bertz CT molecular complexity index is 297. The Morgan fingerprint density at radius 3 is 2.57 bits per heavy atom. The number of benzene rings is 1. The summed E-state index contributed by atoms with van der Waals surface area (Å²) in [5.74, 6) is -0.0795. The van der Waals surface area contributed by atoms with Crippen molar-refractivity contribution in [2.75, 3.05) is 12.5 Å². The summed E-state index contributed by atoms with van der Waals surface area (Å²) >= 11 is 8.65. The van der Waals surface area contributed by atoms with Gasteiger partial charge in [-0.25, -0.2) is 0 Å². The molecule has 0 fully saturated rings. The van der Waals surface area contributed by atoms with E-state index in [2.05, 4.69) is 15.9 Å². The van der Waals surface area contributed by atoms with E-state index in [1.807, 2.05) is 24.3 Å². The fourth-order valence-electron chi connectivity index (χ4n) is 0.902. The first kappa shape index (κ1) is 11.7. The number of alkyl halides is 1. The molecule has 1 rings (SSSR count). The third kappa shape index (κ3) is 4.22. The molecule has 76 valence electrons. The number of rotatable bonds is 5. The molecule has 14 heavy (non-hydrogen) atoms. The van der Waals surface area contributed by atoms with E-state index < -0.39 is 0 Å². The molecular weight excluding hydrogens is 267 g/mol. The van der Waals surface area contributed by atoms with Crippen LogP contribution in [-0.2, 0) is 16.1 Å². The van der Waals surface area contributed by atoms with Crippen LogP contribution in [0.1, 0.15) is 5.56 Å². The summed E-state index contributed by atoms with van der Waals surface area (Å²) in [5, 5.41) is 0. The lowest BCUT2D eigenvalue weighted by molar-refractivity contribution is -0.121. The second-order valence-electron chi connectivity index (χ2n) is 2.79. The molecule has 0 amide bonds. The number of ether oxygens (including phenoxy) is 1. The van der Waals surface area contributed by atoms with Crippen LogP contribution in [0.25, 0.3) is 0 Å². The third-order valence-electron chi connectivity index (χ3n) is 1.59. The van der Waals surface area contributed by atoms with Gasteiger partial charge in [0.2, 0.25) is 0 Å². The van der Waals surface area contributed by atoms with Crippen molar-refractivity contribution in [1.82, 2.24) is 0 Å². The molecule has 0 saturated carbocycles. The SMILES string of the molecule is O=C(CCl)COCc1ccc(Br)cc1. The van der Waals surface area contributed by atoms with Crippen LogP contribution in [0, 0.1) is 0 Å². The quantitative estimate of drug-likeness (QED) is 0.774. The monoisotopic (exact) mass is 276 g/mol. The number of halogens is 2. The zero-order valence-electron chi connectivity index (χ0n) is 7.50. The smallest absolute Gasteiger partial charge is 0.173 e. The molecule has 0 saturated heterocycles. The molecule has 0 aliphatic heterocycles. The first-order valence-electron chi connectivity index (χ1n) is 4.12. The number of carbonyl (C=O) groups is 1. The molecule has 0 N–H and O–H groups in total. The van der Waals surface area contributed by atoms with E-state index in [4.69, 9.17) is 16.3 Å². The topological polar surface area (TPSA) is 26.3 Å². The summed E-state index contributed by atoms with van der Waals surface area (Å²) in [6.07, 6.45) is 0. The fraction of sp³-hybridized carbons (Fsp3) is 0.300. The van der Waals surface area contributed by atoms with Gasteiger partial charge in [0.1, 0.15) is 6.61 Å². The lowest BCUT2D eigenvalue weighted by Gasteiger charge is -2.02. The number of ketones is 1. The molecule has 0 spiro atoms.